The van der Waals surface area contributed by atoms with E-state index in [1.807, 2.05) is 36.4 Å². The van der Waals surface area contributed by atoms with Crippen molar-refractivity contribution >= 4 is 22.4 Å². The molecule has 102 valence electrons. The first-order valence-electron chi connectivity index (χ1n) is 6.27. The van der Waals surface area contributed by atoms with Crippen LogP contribution in [0.5, 0.6) is 5.75 Å². The Morgan fingerprint density at radius 2 is 1.80 bits per heavy atom. The van der Waals surface area contributed by atoms with Gasteiger partial charge in [0.25, 0.3) is 0 Å². The molecule has 1 aromatic heterocycles. The number of benzene rings is 2. The Labute approximate surface area is 121 Å². The number of hydrogen-bond donors (Lipinski definition) is 1. The lowest BCUT2D eigenvalue weighted by Crippen LogP contribution is -2.11. The lowest BCUT2D eigenvalue weighted by atomic mass is 9.97. The third-order valence-electron chi connectivity index (χ3n) is 3.37. The van der Waals surface area contributed by atoms with Gasteiger partial charge in [-0.3, -0.25) is 0 Å². The number of nitrogens with two attached hydrogens (primary N) is 1. The molecule has 0 aliphatic carbocycles. The molecule has 0 bridgehead atoms. The Balaban J connectivity index is 2.17. The fourth-order valence-corrected chi connectivity index (χ4v) is 2.54. The zero-order valence-electron chi connectivity index (χ0n) is 11.0. The normalized spacial score (nSPS) is 12.6. The molecule has 20 heavy (non-hydrogen) atoms. The van der Waals surface area contributed by atoms with Gasteiger partial charge >= 0.3 is 0 Å². The summed E-state index contributed by atoms with van der Waals surface area (Å²) in [5.41, 5.74) is 7.27. The maximum Gasteiger partial charge on any atom is 0.193 e. The summed E-state index contributed by atoms with van der Waals surface area (Å²) in [4.78, 5) is 0. The number of rotatable bonds is 3. The van der Waals surface area contributed by atoms with E-state index in [1.165, 1.54) is 0 Å². The van der Waals surface area contributed by atoms with E-state index in [0.29, 0.717) is 11.0 Å². The number of halogens is 1. The van der Waals surface area contributed by atoms with Crippen LogP contribution >= 0.6 is 11.6 Å². The smallest absolute Gasteiger partial charge is 0.193 e. The van der Waals surface area contributed by atoms with Crippen molar-refractivity contribution in [2.75, 3.05) is 7.11 Å². The van der Waals surface area contributed by atoms with Crippen molar-refractivity contribution in [3.05, 3.63) is 65.1 Å². The second-order valence-electron chi connectivity index (χ2n) is 4.52. The van der Waals surface area contributed by atoms with Crippen LogP contribution in [0.3, 0.4) is 0 Å². The molecular formula is C16H14ClNO2. The highest BCUT2D eigenvalue weighted by Crippen LogP contribution is 2.33. The van der Waals surface area contributed by atoms with Crippen LogP contribution in [0.4, 0.5) is 0 Å². The third-order valence-corrected chi connectivity index (χ3v) is 3.58. The Hall–Kier alpha value is -1.97. The van der Waals surface area contributed by atoms with Crippen molar-refractivity contribution in [2.45, 2.75) is 6.04 Å². The predicted molar refractivity (Wildman–Crippen MR) is 80.2 cm³/mol. The standard InChI is InChI=1S/C16H14ClNO2/c1-19-13-7-6-12(10-4-2-3-5-11(10)13)16(18)14-8-9-15(17)20-14/h2-9,16H,18H2,1H3. The highest BCUT2D eigenvalue weighted by atomic mass is 35.5. The average molecular weight is 288 g/mol. The second kappa shape index (κ2) is 5.19. The van der Waals surface area contributed by atoms with Gasteiger partial charge in [-0.1, -0.05) is 30.3 Å². The molecule has 3 aromatic rings. The van der Waals surface area contributed by atoms with Crippen molar-refractivity contribution in [3.63, 3.8) is 0 Å². The van der Waals surface area contributed by atoms with Crippen LogP contribution in [0.15, 0.2) is 52.9 Å². The molecule has 2 N–H and O–H groups in total. The highest BCUT2D eigenvalue weighted by molar-refractivity contribution is 6.28. The number of fused-ring (bicyclic) bond motifs is 1. The molecule has 0 saturated carbocycles. The topological polar surface area (TPSA) is 48.4 Å². The van der Waals surface area contributed by atoms with E-state index in [0.717, 1.165) is 22.1 Å². The van der Waals surface area contributed by atoms with E-state index >= 15 is 0 Å². The summed E-state index contributed by atoms with van der Waals surface area (Å²) >= 11 is 5.82. The van der Waals surface area contributed by atoms with Crippen molar-refractivity contribution in [2.24, 2.45) is 5.73 Å². The summed E-state index contributed by atoms with van der Waals surface area (Å²) in [6, 6.07) is 15.0. The minimum atomic E-state index is -0.363. The van der Waals surface area contributed by atoms with Crippen LogP contribution in [0.2, 0.25) is 5.22 Å². The molecule has 0 aliphatic rings. The van der Waals surface area contributed by atoms with Gasteiger partial charge in [-0.25, -0.2) is 0 Å². The molecule has 3 nitrogen and oxygen atoms in total. The van der Waals surface area contributed by atoms with E-state index in [9.17, 15) is 0 Å². The summed E-state index contributed by atoms with van der Waals surface area (Å²) in [6.45, 7) is 0. The van der Waals surface area contributed by atoms with Gasteiger partial charge in [0.05, 0.1) is 13.2 Å². The van der Waals surface area contributed by atoms with Crippen LogP contribution in [-0.2, 0) is 0 Å². The molecule has 4 heteroatoms. The van der Waals surface area contributed by atoms with E-state index < -0.39 is 0 Å². The number of methoxy groups -OCH3 is 1. The minimum Gasteiger partial charge on any atom is -0.496 e. The number of hydrogen-bond acceptors (Lipinski definition) is 3. The number of ether oxygens (including phenoxy) is 1. The van der Waals surface area contributed by atoms with Crippen LogP contribution in [0, 0.1) is 0 Å². The maximum atomic E-state index is 6.29. The molecule has 0 spiro atoms. The molecule has 0 fully saturated rings. The summed E-state index contributed by atoms with van der Waals surface area (Å²) in [6.07, 6.45) is 0. The van der Waals surface area contributed by atoms with E-state index in [1.54, 1.807) is 19.2 Å². The van der Waals surface area contributed by atoms with Crippen molar-refractivity contribution in [1.82, 2.24) is 0 Å². The van der Waals surface area contributed by atoms with Crippen LogP contribution in [0.25, 0.3) is 10.8 Å². The number of furan rings is 1. The second-order valence-corrected chi connectivity index (χ2v) is 4.89. The van der Waals surface area contributed by atoms with Gasteiger partial charge in [-0.05, 0) is 40.7 Å². The average Bonchev–Trinajstić information content (AvgIpc) is 2.92. The monoisotopic (exact) mass is 287 g/mol. The summed E-state index contributed by atoms with van der Waals surface area (Å²) in [7, 11) is 1.66. The van der Waals surface area contributed by atoms with Crippen molar-refractivity contribution < 1.29 is 9.15 Å². The van der Waals surface area contributed by atoms with Gasteiger partial charge in [0.15, 0.2) is 5.22 Å². The lowest BCUT2D eigenvalue weighted by molar-refractivity contribution is 0.419. The van der Waals surface area contributed by atoms with Gasteiger partial charge in [-0.2, -0.15) is 0 Å². The summed E-state index contributed by atoms with van der Waals surface area (Å²) in [5, 5.41) is 2.42. The molecule has 0 aliphatic heterocycles. The van der Waals surface area contributed by atoms with E-state index in [2.05, 4.69) is 0 Å². The van der Waals surface area contributed by atoms with Gasteiger partial charge in [0.1, 0.15) is 11.5 Å². The van der Waals surface area contributed by atoms with Gasteiger partial charge in [-0.15, -0.1) is 0 Å². The first-order valence-corrected chi connectivity index (χ1v) is 6.65. The minimum absolute atomic E-state index is 0.341. The van der Waals surface area contributed by atoms with Crippen LogP contribution < -0.4 is 10.5 Å². The first-order chi connectivity index (χ1) is 9.70. The molecular weight excluding hydrogens is 274 g/mol. The molecule has 3 rings (SSSR count). The van der Waals surface area contributed by atoms with Crippen LogP contribution in [0.1, 0.15) is 17.4 Å². The largest absolute Gasteiger partial charge is 0.496 e. The third kappa shape index (κ3) is 2.15. The fraction of sp³-hybridized carbons (Fsp3) is 0.125. The molecule has 1 heterocycles. The molecule has 0 saturated heterocycles. The summed E-state index contributed by atoms with van der Waals surface area (Å²) < 4.78 is 10.8. The Morgan fingerprint density at radius 3 is 2.45 bits per heavy atom. The molecule has 0 amide bonds. The van der Waals surface area contributed by atoms with Gasteiger partial charge < -0.3 is 14.9 Å². The molecule has 2 aromatic carbocycles. The zero-order valence-corrected chi connectivity index (χ0v) is 11.7. The highest BCUT2D eigenvalue weighted by Gasteiger charge is 2.17. The zero-order chi connectivity index (χ0) is 14.1. The first kappa shape index (κ1) is 13.0. The van der Waals surface area contributed by atoms with E-state index in [-0.39, 0.29) is 6.04 Å². The fourth-order valence-electron chi connectivity index (χ4n) is 2.39. The van der Waals surface area contributed by atoms with Crippen LogP contribution in [-0.4, -0.2) is 7.11 Å². The molecule has 0 radical (unpaired) electrons. The van der Waals surface area contributed by atoms with E-state index in [4.69, 9.17) is 26.5 Å². The SMILES string of the molecule is COc1ccc(C(N)c2ccc(Cl)o2)c2ccccc12. The quantitative estimate of drug-likeness (QED) is 0.787. The predicted octanol–water partition coefficient (Wildman–Crippen LogP) is 4.14. The Kier molecular flexibility index (Phi) is 3.38. The maximum absolute atomic E-state index is 6.29. The Bertz CT molecular complexity index is 751. The van der Waals surface area contributed by atoms with Crippen molar-refractivity contribution in [3.8, 4) is 5.75 Å². The summed E-state index contributed by atoms with van der Waals surface area (Å²) in [5.74, 6) is 1.47. The van der Waals surface area contributed by atoms with Crippen molar-refractivity contribution in [1.29, 1.82) is 0 Å². The lowest BCUT2D eigenvalue weighted by Gasteiger charge is -2.14. The van der Waals surface area contributed by atoms with Gasteiger partial charge in [0, 0.05) is 5.39 Å². The van der Waals surface area contributed by atoms with Gasteiger partial charge in [0.2, 0.25) is 0 Å². The Morgan fingerprint density at radius 1 is 1.05 bits per heavy atom. The molecule has 1 atom stereocenters. The molecule has 1 unspecified atom stereocenters.